The molecule has 0 aliphatic heterocycles. The van der Waals surface area contributed by atoms with Gasteiger partial charge in [-0.15, -0.1) is 0 Å². The fraction of sp³-hybridized carbons (Fsp3) is 0.323. The summed E-state index contributed by atoms with van der Waals surface area (Å²) in [7, 11) is 2.62. The van der Waals surface area contributed by atoms with Gasteiger partial charge < -0.3 is 33.6 Å². The fourth-order valence-corrected chi connectivity index (χ4v) is 5.12. The molecule has 1 heterocycles. The lowest BCUT2D eigenvalue weighted by Gasteiger charge is -2.19. The molecular formula is C31H30Cl3NO9. The molecule has 0 spiro atoms. The molecule has 44 heavy (non-hydrogen) atoms. The second-order valence-electron chi connectivity index (χ2n) is 9.71. The first kappa shape index (κ1) is 33.4. The van der Waals surface area contributed by atoms with Crippen molar-refractivity contribution in [3.05, 3.63) is 74.7 Å². The SMILES string of the molecule is COC(=O)CCc1cc(Cl)c(OCC[C@@H](O)[C@H](O)CCOc2ccc(-c3nc4ccc(C(=O)OC)cc4o3)cc2Cl)c(Cl)c1. The Morgan fingerprint density at radius 2 is 1.55 bits per heavy atom. The van der Waals surface area contributed by atoms with Crippen molar-refractivity contribution in [2.75, 3.05) is 27.4 Å². The molecule has 0 amide bonds. The van der Waals surface area contributed by atoms with Gasteiger partial charge in [0, 0.05) is 24.8 Å². The molecule has 0 aliphatic carbocycles. The minimum Gasteiger partial charge on any atom is -0.492 e. The van der Waals surface area contributed by atoms with Gasteiger partial charge in [0.15, 0.2) is 11.3 Å². The van der Waals surface area contributed by atoms with Crippen LogP contribution >= 0.6 is 34.8 Å². The quantitative estimate of drug-likeness (QED) is 0.147. The molecule has 10 nitrogen and oxygen atoms in total. The molecule has 4 aromatic rings. The highest BCUT2D eigenvalue weighted by molar-refractivity contribution is 6.37. The normalized spacial score (nSPS) is 12.5. The summed E-state index contributed by atoms with van der Waals surface area (Å²) in [5.74, 6) is 0.123. The number of aliphatic hydroxyl groups excluding tert-OH is 2. The molecule has 0 unspecified atom stereocenters. The zero-order valence-corrected chi connectivity index (χ0v) is 26.1. The number of carbonyl (C=O) groups is 2. The average Bonchev–Trinajstić information content (AvgIpc) is 3.45. The third-order valence-electron chi connectivity index (χ3n) is 6.67. The van der Waals surface area contributed by atoms with Crippen LogP contribution in [0.5, 0.6) is 11.5 Å². The van der Waals surface area contributed by atoms with Crippen LogP contribution < -0.4 is 9.47 Å². The van der Waals surface area contributed by atoms with Crippen LogP contribution in [0.15, 0.2) is 52.9 Å². The van der Waals surface area contributed by atoms with E-state index in [1.165, 1.54) is 14.2 Å². The minimum absolute atomic E-state index is 0.0488. The van der Waals surface area contributed by atoms with Gasteiger partial charge in [0.2, 0.25) is 5.89 Å². The largest absolute Gasteiger partial charge is 0.492 e. The summed E-state index contributed by atoms with van der Waals surface area (Å²) in [5, 5.41) is 21.6. The number of hydrogen-bond donors (Lipinski definition) is 2. The van der Waals surface area contributed by atoms with E-state index in [4.69, 9.17) is 53.4 Å². The number of hydrogen-bond acceptors (Lipinski definition) is 10. The number of rotatable bonds is 14. The highest BCUT2D eigenvalue weighted by Crippen LogP contribution is 2.35. The standard InChI is InChI=1S/C31H30Cl3NO9/c1-40-28(38)8-3-17-13-21(33)29(22(34)14-17)43-12-10-25(37)24(36)9-11-42-26-7-5-18(15-20(26)32)30-35-23-6-4-19(31(39)41-2)16-27(23)44-30/h4-7,13-16,24-25,36-37H,3,8-12H2,1-2H3/t24-,25-/m1/s1. The second kappa shape index (κ2) is 15.5. The Hall–Kier alpha value is -3.54. The van der Waals surface area contributed by atoms with E-state index in [1.807, 2.05) is 0 Å². The number of aromatic nitrogens is 1. The van der Waals surface area contributed by atoms with E-state index >= 15 is 0 Å². The van der Waals surface area contributed by atoms with Crippen LogP contribution in [-0.2, 0) is 20.7 Å². The van der Waals surface area contributed by atoms with E-state index in [0.717, 1.165) is 5.56 Å². The third-order valence-corrected chi connectivity index (χ3v) is 7.52. The zero-order chi connectivity index (χ0) is 31.8. The molecule has 2 atom stereocenters. The van der Waals surface area contributed by atoms with Crippen molar-refractivity contribution in [1.29, 1.82) is 0 Å². The number of methoxy groups -OCH3 is 2. The lowest BCUT2D eigenvalue weighted by Crippen LogP contribution is -2.29. The number of oxazole rings is 1. The molecule has 2 N–H and O–H groups in total. The molecule has 0 aliphatic rings. The number of esters is 2. The van der Waals surface area contributed by atoms with Crippen molar-refractivity contribution in [3.63, 3.8) is 0 Å². The van der Waals surface area contributed by atoms with Gasteiger partial charge in [-0.25, -0.2) is 9.78 Å². The number of aryl methyl sites for hydroxylation is 1. The van der Waals surface area contributed by atoms with Crippen molar-refractivity contribution >= 4 is 57.8 Å². The summed E-state index contributed by atoms with van der Waals surface area (Å²) in [6, 6.07) is 13.1. The first-order valence-corrected chi connectivity index (χ1v) is 14.7. The zero-order valence-electron chi connectivity index (χ0n) is 23.8. The van der Waals surface area contributed by atoms with Crippen molar-refractivity contribution in [3.8, 4) is 23.0 Å². The van der Waals surface area contributed by atoms with Crippen LogP contribution in [0.2, 0.25) is 15.1 Å². The maximum Gasteiger partial charge on any atom is 0.337 e. The number of ether oxygens (including phenoxy) is 4. The smallest absolute Gasteiger partial charge is 0.337 e. The maximum absolute atomic E-state index is 11.8. The summed E-state index contributed by atoms with van der Waals surface area (Å²) in [6.45, 7) is 0.134. The number of nitrogens with zero attached hydrogens (tertiary/aromatic N) is 1. The van der Waals surface area contributed by atoms with Gasteiger partial charge in [0.05, 0.1) is 60.3 Å². The Kier molecular flexibility index (Phi) is 11.7. The molecular weight excluding hydrogens is 637 g/mol. The number of fused-ring (bicyclic) bond motifs is 1. The van der Waals surface area contributed by atoms with Gasteiger partial charge in [-0.3, -0.25) is 4.79 Å². The molecule has 4 rings (SSSR count). The molecule has 0 fully saturated rings. The fourth-order valence-electron chi connectivity index (χ4n) is 4.24. The summed E-state index contributed by atoms with van der Waals surface area (Å²) < 4.78 is 26.6. The second-order valence-corrected chi connectivity index (χ2v) is 10.9. The summed E-state index contributed by atoms with van der Waals surface area (Å²) in [5.41, 5.74) is 2.69. The van der Waals surface area contributed by atoms with Gasteiger partial charge in [-0.1, -0.05) is 34.8 Å². The van der Waals surface area contributed by atoms with Crippen LogP contribution in [0.1, 0.15) is 35.2 Å². The van der Waals surface area contributed by atoms with Gasteiger partial charge >= 0.3 is 11.9 Å². The predicted octanol–water partition coefficient (Wildman–Crippen LogP) is 6.31. The van der Waals surface area contributed by atoms with Crippen LogP contribution in [0.3, 0.4) is 0 Å². The van der Waals surface area contributed by atoms with Crippen LogP contribution in [0, 0.1) is 0 Å². The molecule has 0 saturated heterocycles. The van der Waals surface area contributed by atoms with Crippen molar-refractivity contribution < 1.29 is 43.2 Å². The average molecular weight is 667 g/mol. The molecule has 0 bridgehead atoms. The van der Waals surface area contributed by atoms with E-state index in [1.54, 1.807) is 48.5 Å². The van der Waals surface area contributed by atoms with Crippen LogP contribution in [0.4, 0.5) is 0 Å². The first-order valence-electron chi connectivity index (χ1n) is 13.5. The molecule has 0 saturated carbocycles. The van der Waals surface area contributed by atoms with Gasteiger partial charge in [-0.05, 0) is 60.5 Å². The van der Waals surface area contributed by atoms with Gasteiger partial charge in [0.25, 0.3) is 0 Å². The lowest BCUT2D eigenvalue weighted by atomic mass is 10.1. The first-order chi connectivity index (χ1) is 21.1. The Labute approximate surface area is 268 Å². The van der Waals surface area contributed by atoms with Gasteiger partial charge in [0.1, 0.15) is 11.3 Å². The molecule has 13 heteroatoms. The van der Waals surface area contributed by atoms with Gasteiger partial charge in [-0.2, -0.15) is 0 Å². The van der Waals surface area contributed by atoms with E-state index in [-0.39, 0.29) is 54.2 Å². The molecule has 234 valence electrons. The predicted molar refractivity (Wildman–Crippen MR) is 165 cm³/mol. The van der Waals surface area contributed by atoms with E-state index in [9.17, 15) is 19.8 Å². The van der Waals surface area contributed by atoms with Crippen molar-refractivity contribution in [2.24, 2.45) is 0 Å². The Bertz CT molecular complexity index is 1600. The van der Waals surface area contributed by atoms with Crippen LogP contribution in [0.25, 0.3) is 22.6 Å². The monoisotopic (exact) mass is 665 g/mol. The maximum atomic E-state index is 11.8. The van der Waals surface area contributed by atoms with E-state index in [2.05, 4.69) is 9.72 Å². The lowest BCUT2D eigenvalue weighted by molar-refractivity contribution is -0.140. The molecule has 1 aromatic heterocycles. The number of halogens is 3. The Morgan fingerprint density at radius 3 is 2.18 bits per heavy atom. The van der Waals surface area contributed by atoms with Crippen molar-refractivity contribution in [2.45, 2.75) is 37.9 Å². The highest BCUT2D eigenvalue weighted by atomic mass is 35.5. The highest BCUT2D eigenvalue weighted by Gasteiger charge is 2.19. The summed E-state index contributed by atoms with van der Waals surface area (Å²) in [4.78, 5) is 27.6. The number of benzene rings is 3. The topological polar surface area (TPSA) is 138 Å². The van der Waals surface area contributed by atoms with E-state index in [0.29, 0.717) is 45.3 Å². The third kappa shape index (κ3) is 8.55. The number of carbonyl (C=O) groups excluding carboxylic acids is 2. The Morgan fingerprint density at radius 1 is 0.864 bits per heavy atom. The van der Waals surface area contributed by atoms with E-state index < -0.39 is 18.2 Å². The Balaban J connectivity index is 1.25. The summed E-state index contributed by atoms with van der Waals surface area (Å²) >= 11 is 19.0. The van der Waals surface area contributed by atoms with Crippen LogP contribution in [-0.4, -0.2) is 66.8 Å². The molecule has 3 aromatic carbocycles. The molecule has 0 radical (unpaired) electrons. The summed E-state index contributed by atoms with van der Waals surface area (Å²) in [6.07, 6.45) is -1.34. The number of aliphatic hydroxyl groups is 2. The van der Waals surface area contributed by atoms with Crippen molar-refractivity contribution in [1.82, 2.24) is 4.98 Å². The minimum atomic E-state index is -1.09.